The lowest BCUT2D eigenvalue weighted by Gasteiger charge is -2.29. The third-order valence-electron chi connectivity index (χ3n) is 24.9. The molecule has 0 saturated heterocycles. The first-order valence-corrected chi connectivity index (χ1v) is 52.5. The van der Waals surface area contributed by atoms with Crippen molar-refractivity contribution in [3.05, 3.63) is 0 Å². The number of Topliss-reactive ketones (excluding diaryl/α,β-unsaturated/α-hetero) is 6. The van der Waals surface area contributed by atoms with Gasteiger partial charge in [0, 0.05) is 85.4 Å². The van der Waals surface area contributed by atoms with E-state index in [-0.39, 0.29) is 109 Å². The van der Waals surface area contributed by atoms with Crippen molar-refractivity contribution in [2.45, 2.75) is 424 Å². The molecular weight excluding hydrogens is 1760 g/mol. The number of hydrogen-bond donors (Lipinski definition) is 24. The third kappa shape index (κ3) is 64.6. The fourth-order valence-corrected chi connectivity index (χ4v) is 16.4. The number of hydrogen-bond acceptors (Lipinski definition) is 30. The van der Waals surface area contributed by atoms with Crippen molar-refractivity contribution in [2.75, 3.05) is 91.6 Å². The molecule has 0 aliphatic carbocycles. The highest BCUT2D eigenvalue weighted by Crippen LogP contribution is 2.31. The van der Waals surface area contributed by atoms with E-state index in [0.29, 0.717) is 303 Å². The van der Waals surface area contributed by atoms with Crippen LogP contribution in [0.5, 0.6) is 0 Å². The Hall–Kier alpha value is -6.86. The van der Waals surface area contributed by atoms with Crippen LogP contribution in [0.1, 0.15) is 358 Å². The van der Waals surface area contributed by atoms with Crippen molar-refractivity contribution in [1.29, 1.82) is 0 Å². The van der Waals surface area contributed by atoms with Gasteiger partial charge < -0.3 is 134 Å². The van der Waals surface area contributed by atoms with Crippen LogP contribution in [-0.2, 0) is 67.1 Å². The van der Waals surface area contributed by atoms with Gasteiger partial charge in [-0.1, -0.05) is 92.9 Å². The number of ketones is 6. The molecule has 38 heteroatoms. The van der Waals surface area contributed by atoms with E-state index >= 15 is 0 Å². The molecule has 804 valence electrons. The predicted molar refractivity (Wildman–Crippen MR) is 552 cm³/mol. The van der Waals surface area contributed by atoms with Gasteiger partial charge in [0.2, 0.25) is 47.3 Å². The molecule has 0 fully saturated rings. The number of carbonyl (C=O) groups is 14. The summed E-state index contributed by atoms with van der Waals surface area (Å²) in [5.74, 6) is -6.71. The van der Waals surface area contributed by atoms with Gasteiger partial charge in [0.25, 0.3) is 0 Å². The molecule has 38 nitrogen and oxygen atoms in total. The topological polar surface area (TPSA) is 738 Å². The average Bonchev–Trinajstić information content (AvgIpc) is 0.839. The highest BCUT2D eigenvalue weighted by atomic mass is 16.2. The van der Waals surface area contributed by atoms with Gasteiger partial charge >= 0.3 is 0 Å². The molecule has 0 aliphatic heterocycles. The zero-order valence-electron chi connectivity index (χ0n) is 86.9. The largest absolute Gasteiger partial charge is 0.355 e. The lowest BCUT2D eigenvalue weighted by molar-refractivity contribution is -0.136. The average molecular weight is 1960 g/mol. The minimum Gasteiger partial charge on any atom is -0.355 e. The van der Waals surface area contributed by atoms with E-state index in [4.69, 9.17) is 86.0 Å². The molecule has 0 spiro atoms. The SMILES string of the molecule is CC(C)(C)C(=O)C(CCCCNC(=O)C(CCCCNC(=O)C(N)CCCCN)NC(=O)C(N)CCCCN)CC(=O)C(CCCCN)NC(=O)C(N)CCCCNC(=O)C(CCCCN)NC(=O)C(N)CCCCN.CC(C)(C)NC(CCCCN)C(=O)CC(CCCCN)C(=O)NC(CCCCN)C(=O)CC(CCCCN)C(=O)NC(CCCCN)C(=O)CC(CCCCN)C(=O)C(C)(C)C. The molecule has 138 heavy (non-hydrogen) atoms. The molecule has 0 bridgehead atoms. The Kier molecular flexibility index (Phi) is 77.7. The summed E-state index contributed by atoms with van der Waals surface area (Å²) < 4.78 is 0. The first kappa shape index (κ1) is 133. The molecule has 0 aromatic carbocycles. The maximum Gasteiger partial charge on any atom is 0.242 e. The third-order valence-corrected chi connectivity index (χ3v) is 24.9. The Morgan fingerprint density at radius 2 is 0.391 bits per heavy atom. The van der Waals surface area contributed by atoms with E-state index in [2.05, 4.69) is 47.9 Å². The van der Waals surface area contributed by atoms with E-state index in [0.717, 1.165) is 38.5 Å². The molecule has 14 unspecified atom stereocenters. The number of nitrogens with two attached hydrogens (primary N) is 15. The van der Waals surface area contributed by atoms with Crippen molar-refractivity contribution in [3.8, 4) is 0 Å². The molecule has 14 atom stereocenters. The van der Waals surface area contributed by atoms with Gasteiger partial charge in [0.1, 0.15) is 23.7 Å². The van der Waals surface area contributed by atoms with Crippen LogP contribution in [0.25, 0.3) is 0 Å². The van der Waals surface area contributed by atoms with Crippen molar-refractivity contribution in [1.82, 2.24) is 47.9 Å². The normalized spacial score (nSPS) is 14.8. The highest BCUT2D eigenvalue weighted by Gasteiger charge is 2.39. The fourth-order valence-electron chi connectivity index (χ4n) is 16.4. The lowest BCUT2D eigenvalue weighted by Crippen LogP contribution is -2.51. The van der Waals surface area contributed by atoms with E-state index in [1.165, 1.54) is 0 Å². The zero-order valence-corrected chi connectivity index (χ0v) is 86.9. The summed E-state index contributed by atoms with van der Waals surface area (Å²) in [5.41, 5.74) is 85.7. The molecular formula is C100H200N24O14. The summed E-state index contributed by atoms with van der Waals surface area (Å²) in [7, 11) is 0. The first-order valence-electron chi connectivity index (χ1n) is 52.5. The van der Waals surface area contributed by atoms with Gasteiger partial charge in [0.15, 0.2) is 23.1 Å². The molecule has 0 heterocycles. The van der Waals surface area contributed by atoms with Crippen LogP contribution in [0.4, 0.5) is 0 Å². The van der Waals surface area contributed by atoms with Gasteiger partial charge in [-0.05, 0) is 311 Å². The standard InChI is InChI=1S/C53H107N15O8.C47H93N9O6/c1-53(2,3)46(70)37(20-9-17-34-64-52(76)44(68-50(74)40(61)23-6-14-30-56)27-11-19-33-63-47(71)38(59)21-4-12-28-54)36-45(69)42(25-7-15-31-57)66-48(72)41(62)24-10-18-35-65-51(75)43(26-8-16-32-58)67-49(73)39(60)22-5-13-29-55;1-46(2,3)43(60)34(19-7-13-25-48)31-40(57)37(22-10-16-28-51)54-44(61)35(20-8-14-26-49)32-41(58)38(23-11-17-29-52)55-45(62)36(21-9-15-27-50)33-42(59)39(24-12-18-30-53)56-47(4,5)6/h37-44H,4-36,54-62H2,1-3H3,(H,63,71)(H,64,76)(H,65,75)(H,66,72)(H,67,73)(H,68,74);34-39,56H,7-33,48-53H2,1-6H3,(H,54,61)(H,55,62). The Bertz CT molecular complexity index is 3360. The molecule has 8 amide bonds. The van der Waals surface area contributed by atoms with Crippen LogP contribution in [0.2, 0.25) is 0 Å². The van der Waals surface area contributed by atoms with E-state index in [1.807, 2.05) is 41.5 Å². The van der Waals surface area contributed by atoms with E-state index in [1.54, 1.807) is 20.8 Å². The fraction of sp³-hybridized carbons (Fsp3) is 0.860. The van der Waals surface area contributed by atoms with Crippen molar-refractivity contribution >= 4 is 82.0 Å². The van der Waals surface area contributed by atoms with Gasteiger partial charge in [-0.2, -0.15) is 0 Å². The molecule has 0 rings (SSSR count). The second-order valence-electron chi connectivity index (χ2n) is 40.9. The highest BCUT2D eigenvalue weighted by molar-refractivity contribution is 5.98. The van der Waals surface area contributed by atoms with Gasteiger partial charge in [-0.15, -0.1) is 0 Å². The quantitative estimate of drug-likeness (QED) is 0.0389. The summed E-state index contributed by atoms with van der Waals surface area (Å²) in [5, 5.41) is 26.5. The minimum atomic E-state index is -0.938. The van der Waals surface area contributed by atoms with Crippen LogP contribution in [-0.4, -0.2) is 240 Å². The maximum atomic E-state index is 14.3. The molecule has 0 aromatic rings. The summed E-state index contributed by atoms with van der Waals surface area (Å²) in [6.07, 6.45) is 23.4. The summed E-state index contributed by atoms with van der Waals surface area (Å²) in [4.78, 5) is 190. The molecule has 0 saturated carbocycles. The van der Waals surface area contributed by atoms with Crippen molar-refractivity contribution in [2.24, 2.45) is 121 Å². The van der Waals surface area contributed by atoms with E-state index in [9.17, 15) is 67.1 Å². The first-order chi connectivity index (χ1) is 65.5. The minimum absolute atomic E-state index is 0.00206. The molecule has 39 N–H and O–H groups in total. The summed E-state index contributed by atoms with van der Waals surface area (Å²) >= 11 is 0. The summed E-state index contributed by atoms with van der Waals surface area (Å²) in [6.45, 7) is 22.9. The number of amides is 8. The Morgan fingerprint density at radius 3 is 0.659 bits per heavy atom. The van der Waals surface area contributed by atoms with Crippen molar-refractivity contribution < 1.29 is 67.1 Å². The molecule has 0 aliphatic rings. The van der Waals surface area contributed by atoms with Crippen LogP contribution in [0.3, 0.4) is 0 Å². The number of nitrogens with one attached hydrogen (secondary N) is 9. The Morgan fingerprint density at radius 1 is 0.203 bits per heavy atom. The molecule has 0 radical (unpaired) electrons. The monoisotopic (exact) mass is 1960 g/mol. The smallest absolute Gasteiger partial charge is 0.242 e. The Labute approximate surface area is 828 Å². The van der Waals surface area contributed by atoms with Crippen molar-refractivity contribution in [3.63, 3.8) is 0 Å². The van der Waals surface area contributed by atoms with Gasteiger partial charge in [-0.3, -0.25) is 67.1 Å². The zero-order chi connectivity index (χ0) is 104. The van der Waals surface area contributed by atoms with E-state index < -0.39 is 119 Å². The second-order valence-corrected chi connectivity index (χ2v) is 40.9. The summed E-state index contributed by atoms with van der Waals surface area (Å²) in [6, 6.07) is -7.87. The van der Waals surface area contributed by atoms with Crippen LogP contribution in [0.15, 0.2) is 0 Å². The van der Waals surface area contributed by atoms with Crippen LogP contribution < -0.4 is 134 Å². The maximum absolute atomic E-state index is 14.3. The van der Waals surface area contributed by atoms with Crippen LogP contribution in [0, 0.1) is 34.5 Å². The number of carbonyl (C=O) groups excluding carboxylic acids is 14. The second kappa shape index (κ2) is 80.6. The number of unbranched alkanes of at least 4 members (excludes halogenated alkanes) is 14. The Balaban J connectivity index is 0. The van der Waals surface area contributed by atoms with Crippen LogP contribution >= 0.6 is 0 Å². The van der Waals surface area contributed by atoms with Gasteiger partial charge in [-0.25, -0.2) is 0 Å². The van der Waals surface area contributed by atoms with Gasteiger partial charge in [0.05, 0.1) is 48.3 Å². The molecule has 0 aromatic heterocycles. The predicted octanol–water partition coefficient (Wildman–Crippen LogP) is 3.27. The lowest BCUT2D eigenvalue weighted by atomic mass is 9.78. The number of rotatable bonds is 87.